The Hall–Kier alpha value is -1.17. The Balaban J connectivity index is 1.97. The van der Waals surface area contributed by atoms with Crippen LogP contribution < -0.4 is 5.32 Å². The number of nitro benzene ring substituents is 1. The quantitative estimate of drug-likeness (QED) is 0.671. The van der Waals surface area contributed by atoms with Gasteiger partial charge in [0.2, 0.25) is 0 Å². The summed E-state index contributed by atoms with van der Waals surface area (Å²) in [7, 11) is 2.09. The number of hydrogen-bond acceptors (Lipinski definition) is 4. The Kier molecular flexibility index (Phi) is 4.16. The normalized spacial score (nSPS) is 20.2. The van der Waals surface area contributed by atoms with E-state index in [1.54, 1.807) is 6.07 Å². The van der Waals surface area contributed by atoms with Crippen molar-refractivity contribution in [2.45, 2.75) is 19.0 Å². The van der Waals surface area contributed by atoms with Crippen LogP contribution in [0, 0.1) is 10.1 Å². The van der Waals surface area contributed by atoms with Gasteiger partial charge in [-0.1, -0.05) is 17.7 Å². The third kappa shape index (κ3) is 3.19. The summed E-state index contributed by atoms with van der Waals surface area (Å²) in [6.07, 6.45) is 1.12. The molecular formula is C12H16ClN3O2. The van der Waals surface area contributed by atoms with Crippen molar-refractivity contribution in [2.24, 2.45) is 0 Å². The minimum Gasteiger partial charge on any atom is -0.309 e. The van der Waals surface area contributed by atoms with Gasteiger partial charge < -0.3 is 10.2 Å². The summed E-state index contributed by atoms with van der Waals surface area (Å²) in [6, 6.07) is 5.40. The van der Waals surface area contributed by atoms with Crippen molar-refractivity contribution in [3.8, 4) is 0 Å². The van der Waals surface area contributed by atoms with Crippen molar-refractivity contribution in [2.75, 3.05) is 20.1 Å². The molecule has 1 atom stereocenters. The number of rotatable bonds is 4. The standard InChI is InChI=1S/C12H16ClN3O2/c1-15-5-4-10(8-15)14-7-9-2-3-11(13)12(6-9)16(17)18/h2-3,6,10,14H,4-5,7-8H2,1H3. The Labute approximate surface area is 111 Å². The molecule has 1 unspecified atom stereocenters. The van der Waals surface area contributed by atoms with Crippen molar-refractivity contribution >= 4 is 17.3 Å². The molecule has 0 radical (unpaired) electrons. The zero-order chi connectivity index (χ0) is 13.1. The van der Waals surface area contributed by atoms with Crippen molar-refractivity contribution in [1.82, 2.24) is 10.2 Å². The maximum atomic E-state index is 10.8. The summed E-state index contributed by atoms with van der Waals surface area (Å²) in [5, 5.41) is 14.4. The van der Waals surface area contributed by atoms with Gasteiger partial charge in [-0.15, -0.1) is 0 Å². The summed E-state index contributed by atoms with van der Waals surface area (Å²) in [6.45, 7) is 2.75. The molecule has 0 aliphatic carbocycles. The molecule has 0 saturated carbocycles. The van der Waals surface area contributed by atoms with Crippen LogP contribution in [0.1, 0.15) is 12.0 Å². The second-order valence-electron chi connectivity index (χ2n) is 4.67. The smallest absolute Gasteiger partial charge is 0.288 e. The van der Waals surface area contributed by atoms with Crippen LogP contribution in [-0.2, 0) is 6.54 Å². The monoisotopic (exact) mass is 269 g/mol. The van der Waals surface area contributed by atoms with E-state index in [2.05, 4.69) is 17.3 Å². The predicted molar refractivity (Wildman–Crippen MR) is 70.8 cm³/mol. The van der Waals surface area contributed by atoms with Crippen LogP contribution in [0.5, 0.6) is 0 Å². The number of nitro groups is 1. The molecule has 1 aliphatic heterocycles. The highest BCUT2D eigenvalue weighted by atomic mass is 35.5. The van der Waals surface area contributed by atoms with Crippen molar-refractivity contribution in [3.63, 3.8) is 0 Å². The maximum Gasteiger partial charge on any atom is 0.288 e. The fourth-order valence-electron chi connectivity index (χ4n) is 2.17. The fourth-order valence-corrected chi connectivity index (χ4v) is 2.36. The van der Waals surface area contributed by atoms with Crippen molar-refractivity contribution in [3.05, 3.63) is 38.9 Å². The van der Waals surface area contributed by atoms with Crippen LogP contribution >= 0.6 is 11.6 Å². The zero-order valence-electron chi connectivity index (χ0n) is 10.2. The summed E-state index contributed by atoms with van der Waals surface area (Å²) in [5.41, 5.74) is 0.861. The average molecular weight is 270 g/mol. The minimum absolute atomic E-state index is 0.0282. The molecule has 18 heavy (non-hydrogen) atoms. The lowest BCUT2D eigenvalue weighted by atomic mass is 10.2. The molecule has 98 valence electrons. The van der Waals surface area contributed by atoms with E-state index in [1.165, 1.54) is 6.07 Å². The van der Waals surface area contributed by atoms with Crippen LogP contribution in [0.15, 0.2) is 18.2 Å². The molecule has 2 rings (SSSR count). The molecule has 1 aromatic carbocycles. The topological polar surface area (TPSA) is 58.4 Å². The average Bonchev–Trinajstić information content (AvgIpc) is 2.74. The van der Waals surface area contributed by atoms with E-state index in [-0.39, 0.29) is 10.7 Å². The first-order valence-corrected chi connectivity index (χ1v) is 6.29. The van der Waals surface area contributed by atoms with Gasteiger partial charge in [0.25, 0.3) is 5.69 Å². The molecule has 0 bridgehead atoms. The summed E-state index contributed by atoms with van der Waals surface area (Å²) >= 11 is 5.77. The largest absolute Gasteiger partial charge is 0.309 e. The van der Waals surface area contributed by atoms with E-state index in [4.69, 9.17) is 11.6 Å². The highest BCUT2D eigenvalue weighted by molar-refractivity contribution is 6.32. The van der Waals surface area contributed by atoms with Gasteiger partial charge in [0.1, 0.15) is 5.02 Å². The molecule has 1 heterocycles. The van der Waals surface area contributed by atoms with Gasteiger partial charge in [0.05, 0.1) is 4.92 Å². The van der Waals surface area contributed by atoms with E-state index in [9.17, 15) is 10.1 Å². The fraction of sp³-hybridized carbons (Fsp3) is 0.500. The number of nitrogens with one attached hydrogen (secondary N) is 1. The van der Waals surface area contributed by atoms with Gasteiger partial charge in [-0.25, -0.2) is 0 Å². The van der Waals surface area contributed by atoms with E-state index in [1.807, 2.05) is 6.07 Å². The third-order valence-electron chi connectivity index (χ3n) is 3.19. The molecule has 1 aromatic rings. The van der Waals surface area contributed by atoms with E-state index < -0.39 is 4.92 Å². The minimum atomic E-state index is -0.449. The number of likely N-dealkylation sites (N-methyl/N-ethyl adjacent to an activating group) is 1. The number of halogens is 1. The molecule has 0 aromatic heterocycles. The Bertz CT molecular complexity index is 453. The van der Waals surface area contributed by atoms with Crippen LogP contribution in [0.4, 0.5) is 5.69 Å². The SMILES string of the molecule is CN1CCC(NCc2ccc(Cl)c([N+](=O)[O-])c2)C1. The Morgan fingerprint density at radius 1 is 1.61 bits per heavy atom. The van der Waals surface area contributed by atoms with Gasteiger partial charge in [-0.3, -0.25) is 10.1 Å². The van der Waals surface area contributed by atoms with E-state index in [0.717, 1.165) is 25.1 Å². The van der Waals surface area contributed by atoms with Gasteiger partial charge >= 0.3 is 0 Å². The van der Waals surface area contributed by atoms with E-state index >= 15 is 0 Å². The molecule has 5 nitrogen and oxygen atoms in total. The first kappa shape index (κ1) is 13.3. The molecule has 0 amide bonds. The Morgan fingerprint density at radius 3 is 3.00 bits per heavy atom. The summed E-state index contributed by atoms with van der Waals surface area (Å²) in [5.74, 6) is 0. The molecule has 1 aliphatic rings. The van der Waals surface area contributed by atoms with Gasteiger partial charge in [-0.2, -0.15) is 0 Å². The van der Waals surface area contributed by atoms with Gasteiger partial charge in [0.15, 0.2) is 0 Å². The van der Waals surface area contributed by atoms with E-state index in [0.29, 0.717) is 12.6 Å². The lowest BCUT2D eigenvalue weighted by Crippen LogP contribution is -2.30. The van der Waals surface area contributed by atoms with Crippen molar-refractivity contribution in [1.29, 1.82) is 0 Å². The summed E-state index contributed by atoms with van der Waals surface area (Å²) < 4.78 is 0. The number of likely N-dealkylation sites (tertiary alicyclic amines) is 1. The molecule has 0 spiro atoms. The number of benzene rings is 1. The maximum absolute atomic E-state index is 10.8. The number of nitrogens with zero attached hydrogens (tertiary/aromatic N) is 2. The molecule has 1 fully saturated rings. The first-order valence-electron chi connectivity index (χ1n) is 5.91. The first-order chi connectivity index (χ1) is 8.56. The number of hydrogen-bond donors (Lipinski definition) is 1. The van der Waals surface area contributed by atoms with Crippen LogP contribution in [0.25, 0.3) is 0 Å². The van der Waals surface area contributed by atoms with Gasteiger partial charge in [0, 0.05) is 25.2 Å². The molecule has 6 heteroatoms. The molecule has 1 saturated heterocycles. The summed E-state index contributed by atoms with van der Waals surface area (Å²) in [4.78, 5) is 12.6. The molecule has 1 N–H and O–H groups in total. The third-order valence-corrected chi connectivity index (χ3v) is 3.51. The van der Waals surface area contributed by atoms with Crippen LogP contribution in [0.2, 0.25) is 5.02 Å². The van der Waals surface area contributed by atoms with Crippen LogP contribution in [0.3, 0.4) is 0 Å². The van der Waals surface area contributed by atoms with Gasteiger partial charge in [-0.05, 0) is 31.6 Å². The lowest BCUT2D eigenvalue weighted by Gasteiger charge is -2.12. The molecular weight excluding hydrogens is 254 g/mol. The predicted octanol–water partition coefficient (Wildman–Crippen LogP) is 2.04. The lowest BCUT2D eigenvalue weighted by molar-refractivity contribution is -0.384. The second kappa shape index (κ2) is 5.65. The van der Waals surface area contributed by atoms with Crippen molar-refractivity contribution < 1.29 is 4.92 Å². The second-order valence-corrected chi connectivity index (χ2v) is 5.08. The highest BCUT2D eigenvalue weighted by Crippen LogP contribution is 2.25. The van der Waals surface area contributed by atoms with Crippen LogP contribution in [-0.4, -0.2) is 36.0 Å². The Morgan fingerprint density at radius 2 is 2.39 bits per heavy atom. The highest BCUT2D eigenvalue weighted by Gasteiger charge is 2.19. The zero-order valence-corrected chi connectivity index (χ0v) is 11.0.